The molecule has 1 aliphatic heterocycles. The standard InChI is InChI=1S/C23H27F3N6.2ClH/c1-2-3-9-28-17-8-10-32(14-17)21-19-6-4-5-7-20(19)30-22(31-21)29-18-12-15(23(24,25)26)11-16(27)13-18;;/h4-7,11-13,17,28H,2-3,8-10,14,27H2,1H3,(H,29,30,31);2*1H. The number of nitrogens with two attached hydrogens (primary N) is 1. The van der Waals surface area contributed by atoms with Crippen LogP contribution in [0.25, 0.3) is 10.9 Å². The number of nitrogen functional groups attached to an aromatic ring is 1. The van der Waals surface area contributed by atoms with Gasteiger partial charge in [0.25, 0.3) is 0 Å². The van der Waals surface area contributed by atoms with Crippen molar-refractivity contribution >= 4 is 58.9 Å². The first-order chi connectivity index (χ1) is 15.3. The number of hydrogen-bond acceptors (Lipinski definition) is 6. The third-order valence-corrected chi connectivity index (χ3v) is 5.57. The second-order valence-electron chi connectivity index (χ2n) is 8.09. The van der Waals surface area contributed by atoms with Crippen molar-refractivity contribution in [2.45, 2.75) is 38.4 Å². The molecule has 2 heterocycles. The topological polar surface area (TPSA) is 79.1 Å². The van der Waals surface area contributed by atoms with Gasteiger partial charge in [0.1, 0.15) is 5.82 Å². The second-order valence-corrected chi connectivity index (χ2v) is 8.09. The number of nitrogens with zero attached hydrogens (tertiary/aromatic N) is 3. The van der Waals surface area contributed by atoms with Gasteiger partial charge in [0.05, 0.1) is 11.1 Å². The lowest BCUT2D eigenvalue weighted by Gasteiger charge is -2.21. The minimum atomic E-state index is -4.49. The van der Waals surface area contributed by atoms with E-state index in [-0.39, 0.29) is 42.1 Å². The average molecular weight is 517 g/mol. The highest BCUT2D eigenvalue weighted by molar-refractivity contribution is 5.91. The first-order valence-electron chi connectivity index (χ1n) is 10.8. The zero-order valence-corrected chi connectivity index (χ0v) is 20.4. The third kappa shape index (κ3) is 6.55. The molecule has 34 heavy (non-hydrogen) atoms. The highest BCUT2D eigenvalue weighted by atomic mass is 35.5. The number of fused-ring (bicyclic) bond motifs is 1. The van der Waals surface area contributed by atoms with Gasteiger partial charge in [-0.05, 0) is 49.7 Å². The molecule has 1 fully saturated rings. The molecule has 3 aromatic rings. The van der Waals surface area contributed by atoms with Crippen LogP contribution < -0.4 is 21.3 Å². The molecule has 0 radical (unpaired) electrons. The zero-order chi connectivity index (χ0) is 22.7. The molecule has 0 aliphatic carbocycles. The Morgan fingerprint density at radius 3 is 2.62 bits per heavy atom. The van der Waals surface area contributed by atoms with Crippen molar-refractivity contribution in [1.82, 2.24) is 15.3 Å². The maximum atomic E-state index is 13.2. The van der Waals surface area contributed by atoms with E-state index in [4.69, 9.17) is 5.73 Å². The summed E-state index contributed by atoms with van der Waals surface area (Å²) in [5.74, 6) is 1.01. The van der Waals surface area contributed by atoms with Crippen LogP contribution >= 0.6 is 24.8 Å². The highest BCUT2D eigenvalue weighted by Crippen LogP contribution is 2.34. The van der Waals surface area contributed by atoms with E-state index in [1.807, 2.05) is 24.3 Å². The first kappa shape index (κ1) is 27.8. The van der Waals surface area contributed by atoms with Crippen LogP contribution in [0.5, 0.6) is 0 Å². The van der Waals surface area contributed by atoms with Crippen molar-refractivity contribution in [2.75, 3.05) is 35.6 Å². The van der Waals surface area contributed by atoms with E-state index in [0.717, 1.165) is 67.8 Å². The predicted molar refractivity (Wildman–Crippen MR) is 137 cm³/mol. The lowest BCUT2D eigenvalue weighted by Crippen LogP contribution is -2.33. The Bertz CT molecular complexity index is 1100. The van der Waals surface area contributed by atoms with Crippen LogP contribution in [0, 0.1) is 0 Å². The van der Waals surface area contributed by atoms with E-state index >= 15 is 0 Å². The van der Waals surface area contributed by atoms with Gasteiger partial charge in [0.2, 0.25) is 5.95 Å². The summed E-state index contributed by atoms with van der Waals surface area (Å²) in [6.07, 6.45) is -1.19. The fourth-order valence-electron chi connectivity index (χ4n) is 3.98. The molecule has 1 aromatic heterocycles. The summed E-state index contributed by atoms with van der Waals surface area (Å²) in [6, 6.07) is 11.4. The molecule has 186 valence electrons. The van der Waals surface area contributed by atoms with E-state index in [1.165, 1.54) is 6.07 Å². The number of unbranched alkanes of at least 4 members (excludes halogenated alkanes) is 1. The maximum absolute atomic E-state index is 13.2. The van der Waals surface area contributed by atoms with E-state index in [2.05, 4.69) is 32.4 Å². The Kier molecular flexibility index (Phi) is 9.61. The van der Waals surface area contributed by atoms with Crippen molar-refractivity contribution in [2.24, 2.45) is 0 Å². The van der Waals surface area contributed by atoms with Crippen LogP contribution in [0.3, 0.4) is 0 Å². The number of aromatic nitrogens is 2. The number of nitrogens with one attached hydrogen (secondary N) is 2. The average Bonchev–Trinajstić information content (AvgIpc) is 3.21. The minimum Gasteiger partial charge on any atom is -0.399 e. The minimum absolute atomic E-state index is 0. The van der Waals surface area contributed by atoms with Crippen LogP contribution in [0.15, 0.2) is 42.5 Å². The van der Waals surface area contributed by atoms with E-state index in [0.29, 0.717) is 6.04 Å². The fraction of sp³-hybridized carbons (Fsp3) is 0.391. The normalized spacial score (nSPS) is 15.6. The quantitative estimate of drug-likeness (QED) is 0.272. The van der Waals surface area contributed by atoms with Crippen LogP contribution in [0.2, 0.25) is 0 Å². The number of halogens is 5. The maximum Gasteiger partial charge on any atom is 0.416 e. The largest absolute Gasteiger partial charge is 0.416 e. The molecule has 4 N–H and O–H groups in total. The van der Waals surface area contributed by atoms with E-state index in [1.54, 1.807) is 0 Å². The summed E-state index contributed by atoms with van der Waals surface area (Å²) in [7, 11) is 0. The summed E-state index contributed by atoms with van der Waals surface area (Å²) in [5.41, 5.74) is 5.82. The molecule has 1 saturated heterocycles. The molecule has 6 nitrogen and oxygen atoms in total. The molecule has 2 aromatic carbocycles. The van der Waals surface area contributed by atoms with Crippen molar-refractivity contribution in [3.05, 3.63) is 48.0 Å². The molecule has 1 aliphatic rings. The first-order valence-corrected chi connectivity index (χ1v) is 10.8. The number of alkyl halides is 3. The molecule has 1 atom stereocenters. The molecule has 0 spiro atoms. The lowest BCUT2D eigenvalue weighted by molar-refractivity contribution is -0.137. The van der Waals surface area contributed by atoms with Gasteiger partial charge in [0.15, 0.2) is 0 Å². The van der Waals surface area contributed by atoms with Gasteiger partial charge in [-0.1, -0.05) is 25.5 Å². The van der Waals surface area contributed by atoms with E-state index in [9.17, 15) is 13.2 Å². The Labute approximate surface area is 209 Å². The highest BCUT2D eigenvalue weighted by Gasteiger charge is 2.31. The van der Waals surface area contributed by atoms with Crippen LogP contribution in [-0.4, -0.2) is 35.6 Å². The van der Waals surface area contributed by atoms with Gasteiger partial charge in [-0.3, -0.25) is 0 Å². The molecular weight excluding hydrogens is 488 g/mol. The Morgan fingerprint density at radius 1 is 1.12 bits per heavy atom. The smallest absolute Gasteiger partial charge is 0.399 e. The molecule has 1 unspecified atom stereocenters. The molecule has 0 amide bonds. The van der Waals surface area contributed by atoms with Gasteiger partial charge in [-0.25, -0.2) is 4.98 Å². The predicted octanol–water partition coefficient (Wildman–Crippen LogP) is 5.79. The number of benzene rings is 2. The van der Waals surface area contributed by atoms with Crippen molar-refractivity contribution < 1.29 is 13.2 Å². The third-order valence-electron chi connectivity index (χ3n) is 5.57. The van der Waals surface area contributed by atoms with E-state index < -0.39 is 11.7 Å². The summed E-state index contributed by atoms with van der Waals surface area (Å²) in [4.78, 5) is 11.4. The van der Waals surface area contributed by atoms with Crippen molar-refractivity contribution in [3.63, 3.8) is 0 Å². The van der Waals surface area contributed by atoms with Gasteiger partial charge in [-0.2, -0.15) is 18.2 Å². The lowest BCUT2D eigenvalue weighted by atomic mass is 10.1. The molecule has 0 bridgehead atoms. The molecule has 4 rings (SSSR count). The monoisotopic (exact) mass is 516 g/mol. The zero-order valence-electron chi connectivity index (χ0n) is 18.7. The summed E-state index contributed by atoms with van der Waals surface area (Å²) in [6.45, 7) is 4.83. The second kappa shape index (κ2) is 11.8. The van der Waals surface area contributed by atoms with Gasteiger partial charge in [0, 0.05) is 35.9 Å². The number of para-hydroxylation sites is 1. The number of rotatable bonds is 7. The fourth-order valence-corrected chi connectivity index (χ4v) is 3.98. The summed E-state index contributed by atoms with van der Waals surface area (Å²) in [5, 5.41) is 7.42. The van der Waals surface area contributed by atoms with Crippen LogP contribution in [0.1, 0.15) is 31.7 Å². The van der Waals surface area contributed by atoms with Gasteiger partial charge < -0.3 is 21.3 Å². The Balaban J connectivity index is 0.00000204. The molecule has 0 saturated carbocycles. The van der Waals surface area contributed by atoms with Gasteiger partial charge in [-0.15, -0.1) is 24.8 Å². The number of hydrogen-bond donors (Lipinski definition) is 3. The number of anilines is 4. The van der Waals surface area contributed by atoms with Gasteiger partial charge >= 0.3 is 6.18 Å². The SMILES string of the molecule is CCCCNC1CCN(c2nc(Nc3cc(N)cc(C(F)(F)F)c3)nc3ccccc23)C1.Cl.Cl. The van der Waals surface area contributed by atoms with Crippen molar-refractivity contribution in [1.29, 1.82) is 0 Å². The van der Waals surface area contributed by atoms with Crippen molar-refractivity contribution in [3.8, 4) is 0 Å². The Hall–Kier alpha value is -2.49. The molecular formula is C23H29Cl2F3N6. The molecule has 11 heteroatoms. The Morgan fingerprint density at radius 2 is 1.88 bits per heavy atom. The summed E-state index contributed by atoms with van der Waals surface area (Å²) >= 11 is 0. The van der Waals surface area contributed by atoms with Crippen LogP contribution in [0.4, 0.5) is 36.3 Å². The summed E-state index contributed by atoms with van der Waals surface area (Å²) < 4.78 is 39.6. The van der Waals surface area contributed by atoms with Crippen LogP contribution in [-0.2, 0) is 6.18 Å².